The number of piperazine rings is 1. The minimum absolute atomic E-state index is 0. The highest BCUT2D eigenvalue weighted by Gasteiger charge is 2.29. The molecule has 2 saturated heterocycles. The van der Waals surface area contributed by atoms with E-state index in [4.69, 9.17) is 4.74 Å². The van der Waals surface area contributed by atoms with E-state index in [1.54, 1.807) is 22.8 Å². The van der Waals surface area contributed by atoms with Crippen LogP contribution in [0.15, 0.2) is 41.7 Å². The number of carbonyl (C=O) groups excluding carboxylic acids is 1. The summed E-state index contributed by atoms with van der Waals surface area (Å²) in [6, 6.07) is 8.94. The topological polar surface area (TPSA) is 78.2 Å². The summed E-state index contributed by atoms with van der Waals surface area (Å²) < 4.78 is 7.28. The molecule has 33 heavy (non-hydrogen) atoms. The molecule has 0 radical (unpaired) electrons. The molecule has 1 atom stereocenters. The third-order valence-corrected chi connectivity index (χ3v) is 6.14. The molecule has 0 bridgehead atoms. The first-order valence-corrected chi connectivity index (χ1v) is 11.2. The number of guanidine groups is 1. The molecule has 2 aliphatic heterocycles. The molecule has 4 rings (SSSR count). The summed E-state index contributed by atoms with van der Waals surface area (Å²) in [6.45, 7) is 7.75. The molecular formula is C23H34IN7O2. The van der Waals surface area contributed by atoms with Gasteiger partial charge in [0.05, 0.1) is 31.1 Å². The second kappa shape index (κ2) is 11.8. The standard InChI is InChI=1S/C23H33N7O2.HI/c1-18-4-6-19(7-5-18)21(28-10-12-32-13-11-28)15-25-23(24-2)29-8-9-30(22(31)17-29)20-14-26-27(3)16-20;/h4-7,14,16,21H,8-13,15,17H2,1-3H3,(H,24,25);1H. The minimum atomic E-state index is 0. The summed E-state index contributed by atoms with van der Waals surface area (Å²) in [4.78, 5) is 23.6. The Kier molecular flexibility index (Phi) is 9.10. The van der Waals surface area contributed by atoms with Gasteiger partial charge in [0.25, 0.3) is 0 Å². The fourth-order valence-corrected chi connectivity index (χ4v) is 4.33. The second-order valence-electron chi connectivity index (χ2n) is 8.34. The Morgan fingerprint density at radius 2 is 1.91 bits per heavy atom. The molecular weight excluding hydrogens is 533 g/mol. The van der Waals surface area contributed by atoms with Crippen molar-refractivity contribution in [1.82, 2.24) is 24.9 Å². The van der Waals surface area contributed by atoms with Gasteiger partial charge in [-0.3, -0.25) is 19.4 Å². The van der Waals surface area contributed by atoms with Crippen LogP contribution in [0.5, 0.6) is 0 Å². The van der Waals surface area contributed by atoms with E-state index in [2.05, 4.69) is 51.5 Å². The van der Waals surface area contributed by atoms with Crippen LogP contribution in [-0.2, 0) is 16.6 Å². The van der Waals surface area contributed by atoms with Crippen molar-refractivity contribution in [3.63, 3.8) is 0 Å². The van der Waals surface area contributed by atoms with Gasteiger partial charge in [-0.25, -0.2) is 0 Å². The smallest absolute Gasteiger partial charge is 0.246 e. The van der Waals surface area contributed by atoms with Crippen molar-refractivity contribution in [3.8, 4) is 0 Å². The Bertz CT molecular complexity index is 941. The Morgan fingerprint density at radius 1 is 1.18 bits per heavy atom. The molecule has 2 fully saturated rings. The van der Waals surface area contributed by atoms with Crippen LogP contribution in [0.4, 0.5) is 5.69 Å². The van der Waals surface area contributed by atoms with Gasteiger partial charge in [-0.2, -0.15) is 5.10 Å². The number of amides is 1. The highest BCUT2D eigenvalue weighted by Crippen LogP contribution is 2.22. The molecule has 1 aromatic carbocycles. The number of hydrogen-bond donors (Lipinski definition) is 1. The van der Waals surface area contributed by atoms with E-state index in [-0.39, 0.29) is 35.9 Å². The number of aromatic nitrogens is 2. The lowest BCUT2D eigenvalue weighted by molar-refractivity contribution is -0.120. The van der Waals surface area contributed by atoms with E-state index in [9.17, 15) is 4.79 Å². The number of aliphatic imine (C=N–C) groups is 1. The summed E-state index contributed by atoms with van der Waals surface area (Å²) in [5.41, 5.74) is 3.37. The van der Waals surface area contributed by atoms with Gasteiger partial charge in [-0.1, -0.05) is 29.8 Å². The van der Waals surface area contributed by atoms with E-state index in [1.165, 1.54) is 11.1 Å². The summed E-state index contributed by atoms with van der Waals surface area (Å²) in [5.74, 6) is 0.810. The van der Waals surface area contributed by atoms with Crippen LogP contribution >= 0.6 is 24.0 Å². The maximum Gasteiger partial charge on any atom is 0.246 e. The molecule has 1 amide bonds. The van der Waals surface area contributed by atoms with Gasteiger partial charge in [0, 0.05) is 53.0 Å². The first-order valence-electron chi connectivity index (χ1n) is 11.2. The van der Waals surface area contributed by atoms with E-state index in [0.29, 0.717) is 26.2 Å². The molecule has 180 valence electrons. The van der Waals surface area contributed by atoms with Crippen molar-refractivity contribution in [2.45, 2.75) is 13.0 Å². The van der Waals surface area contributed by atoms with Gasteiger partial charge < -0.3 is 19.9 Å². The first-order chi connectivity index (χ1) is 15.5. The van der Waals surface area contributed by atoms with E-state index in [0.717, 1.165) is 38.0 Å². The van der Waals surface area contributed by atoms with E-state index < -0.39 is 0 Å². The molecule has 0 spiro atoms. The monoisotopic (exact) mass is 567 g/mol. The molecule has 9 nitrogen and oxygen atoms in total. The number of halogens is 1. The maximum absolute atomic E-state index is 12.8. The third-order valence-electron chi connectivity index (χ3n) is 6.14. The third kappa shape index (κ3) is 6.24. The Labute approximate surface area is 212 Å². The lowest BCUT2D eigenvalue weighted by Crippen LogP contribution is -2.56. The summed E-state index contributed by atoms with van der Waals surface area (Å²) in [5, 5.41) is 7.72. The second-order valence-corrected chi connectivity index (χ2v) is 8.34. The van der Waals surface area contributed by atoms with Gasteiger partial charge in [0.1, 0.15) is 6.54 Å². The number of anilines is 1. The van der Waals surface area contributed by atoms with Crippen molar-refractivity contribution in [1.29, 1.82) is 0 Å². The lowest BCUT2D eigenvalue weighted by Gasteiger charge is -2.38. The fourth-order valence-electron chi connectivity index (χ4n) is 4.33. The number of aryl methyl sites for hydroxylation is 2. The number of benzene rings is 1. The molecule has 0 aliphatic carbocycles. The van der Waals surface area contributed by atoms with Crippen LogP contribution in [0, 0.1) is 6.92 Å². The quantitative estimate of drug-likeness (QED) is 0.337. The van der Waals surface area contributed by atoms with Gasteiger partial charge in [-0.05, 0) is 12.5 Å². The number of nitrogens with zero attached hydrogens (tertiary/aromatic N) is 6. The molecule has 2 aliphatic rings. The van der Waals surface area contributed by atoms with Gasteiger partial charge in [-0.15, -0.1) is 24.0 Å². The van der Waals surface area contributed by atoms with Crippen molar-refractivity contribution < 1.29 is 9.53 Å². The lowest BCUT2D eigenvalue weighted by atomic mass is 10.0. The van der Waals surface area contributed by atoms with Crippen LogP contribution in [0.25, 0.3) is 0 Å². The average molecular weight is 567 g/mol. The zero-order chi connectivity index (χ0) is 22.5. The van der Waals surface area contributed by atoms with Crippen LogP contribution in [0.1, 0.15) is 17.2 Å². The molecule has 3 heterocycles. The SMILES string of the molecule is CN=C(NCC(c1ccc(C)cc1)N1CCOCC1)N1CCN(c2cnn(C)c2)C(=O)C1.I. The maximum atomic E-state index is 12.8. The summed E-state index contributed by atoms with van der Waals surface area (Å²) >= 11 is 0. The van der Waals surface area contributed by atoms with Crippen molar-refractivity contribution in [3.05, 3.63) is 47.8 Å². The Morgan fingerprint density at radius 3 is 2.52 bits per heavy atom. The molecule has 1 N–H and O–H groups in total. The Balaban J connectivity index is 0.00000306. The highest BCUT2D eigenvalue weighted by molar-refractivity contribution is 14.0. The predicted octanol–water partition coefficient (Wildman–Crippen LogP) is 1.64. The first kappa shape index (κ1) is 25.4. The molecule has 10 heteroatoms. The zero-order valence-corrected chi connectivity index (χ0v) is 21.9. The summed E-state index contributed by atoms with van der Waals surface area (Å²) in [7, 11) is 3.63. The van der Waals surface area contributed by atoms with Crippen LogP contribution in [0.3, 0.4) is 0 Å². The summed E-state index contributed by atoms with van der Waals surface area (Å²) in [6.07, 6.45) is 3.60. The van der Waals surface area contributed by atoms with Gasteiger partial charge in [0.2, 0.25) is 5.91 Å². The zero-order valence-electron chi connectivity index (χ0n) is 19.6. The average Bonchev–Trinajstić information content (AvgIpc) is 3.24. The highest BCUT2D eigenvalue weighted by atomic mass is 127. The molecule has 1 aromatic heterocycles. The molecule has 0 saturated carbocycles. The number of ether oxygens (including phenoxy) is 1. The number of rotatable bonds is 5. The minimum Gasteiger partial charge on any atom is -0.379 e. The van der Waals surface area contributed by atoms with Crippen LogP contribution < -0.4 is 10.2 Å². The largest absolute Gasteiger partial charge is 0.379 e. The fraction of sp³-hybridized carbons (Fsp3) is 0.522. The number of nitrogens with one attached hydrogen (secondary N) is 1. The van der Waals surface area contributed by atoms with Gasteiger partial charge in [0.15, 0.2) is 5.96 Å². The van der Waals surface area contributed by atoms with Crippen LogP contribution in [-0.4, -0.2) is 91.0 Å². The predicted molar refractivity (Wildman–Crippen MR) is 140 cm³/mol. The van der Waals surface area contributed by atoms with Crippen molar-refractivity contribution in [2.24, 2.45) is 12.0 Å². The van der Waals surface area contributed by atoms with Crippen LogP contribution in [0.2, 0.25) is 0 Å². The van der Waals surface area contributed by atoms with Gasteiger partial charge >= 0.3 is 0 Å². The molecule has 1 unspecified atom stereocenters. The van der Waals surface area contributed by atoms with E-state index in [1.807, 2.05) is 18.1 Å². The van der Waals surface area contributed by atoms with Crippen molar-refractivity contribution in [2.75, 3.05) is 64.4 Å². The normalized spacial score (nSPS) is 18.8. The molecule has 2 aromatic rings. The van der Waals surface area contributed by atoms with E-state index >= 15 is 0 Å². The number of hydrogen-bond acceptors (Lipinski definition) is 5. The van der Waals surface area contributed by atoms with Crippen molar-refractivity contribution >= 4 is 41.5 Å². The number of carbonyl (C=O) groups is 1. The number of morpholine rings is 1. The Hall–Kier alpha value is -2.18.